The lowest BCUT2D eigenvalue weighted by Gasteiger charge is -2.36. The van der Waals surface area contributed by atoms with Gasteiger partial charge in [-0.25, -0.2) is 4.39 Å². The summed E-state index contributed by atoms with van der Waals surface area (Å²) in [5.74, 6) is 0.162. The molecule has 1 aliphatic heterocycles. The average Bonchev–Trinajstić information content (AvgIpc) is 3.38. The molecule has 2 aromatic rings. The number of rotatable bonds is 3. The molecule has 1 aromatic carbocycles. The van der Waals surface area contributed by atoms with Crippen LogP contribution in [0.2, 0.25) is 0 Å². The maximum atomic E-state index is 13.7. The van der Waals surface area contributed by atoms with E-state index >= 15 is 0 Å². The highest BCUT2D eigenvalue weighted by atomic mass is 35.5. The number of benzene rings is 1. The van der Waals surface area contributed by atoms with Crippen LogP contribution in [0.4, 0.5) is 4.39 Å². The second-order valence-corrected chi connectivity index (χ2v) is 8.58. The first-order valence-corrected chi connectivity index (χ1v) is 9.72. The summed E-state index contributed by atoms with van der Waals surface area (Å²) in [7, 11) is 0. The zero-order chi connectivity index (χ0) is 19.2. The Hall–Kier alpha value is -1.92. The van der Waals surface area contributed by atoms with Gasteiger partial charge in [0.15, 0.2) is 5.69 Å². The lowest BCUT2D eigenvalue weighted by atomic mass is 10.0. The molecule has 1 aromatic heterocycles. The van der Waals surface area contributed by atoms with Gasteiger partial charge in [-0.3, -0.25) is 9.48 Å². The Morgan fingerprint density at radius 1 is 1.25 bits per heavy atom. The maximum absolute atomic E-state index is 13.7. The van der Waals surface area contributed by atoms with E-state index in [-0.39, 0.29) is 35.7 Å². The van der Waals surface area contributed by atoms with Crippen molar-refractivity contribution in [2.45, 2.75) is 51.1 Å². The Morgan fingerprint density at radius 3 is 2.64 bits per heavy atom. The highest BCUT2D eigenvalue weighted by Gasteiger charge is 2.35. The molecule has 1 atom stereocenters. The van der Waals surface area contributed by atoms with Crippen LogP contribution in [0.3, 0.4) is 0 Å². The van der Waals surface area contributed by atoms with Crippen molar-refractivity contribution in [3.63, 3.8) is 0 Å². The van der Waals surface area contributed by atoms with E-state index in [1.165, 1.54) is 12.1 Å². The molecular formula is C21H28ClFN4O. The second kappa shape index (κ2) is 7.84. The second-order valence-electron chi connectivity index (χ2n) is 8.58. The van der Waals surface area contributed by atoms with Gasteiger partial charge < -0.3 is 10.2 Å². The Morgan fingerprint density at radius 2 is 2.00 bits per heavy atom. The minimum atomic E-state index is -0.279. The highest BCUT2D eigenvalue weighted by molar-refractivity contribution is 5.93. The molecule has 1 saturated heterocycles. The molecule has 1 aliphatic carbocycles. The van der Waals surface area contributed by atoms with Crippen LogP contribution in [0, 0.1) is 5.82 Å². The van der Waals surface area contributed by atoms with Crippen LogP contribution in [0.1, 0.15) is 67.3 Å². The Kier molecular flexibility index (Phi) is 5.82. The number of carbonyl (C=O) groups is 1. The van der Waals surface area contributed by atoms with E-state index in [0.29, 0.717) is 24.7 Å². The van der Waals surface area contributed by atoms with Crippen molar-refractivity contribution in [1.82, 2.24) is 20.0 Å². The predicted octanol–water partition coefficient (Wildman–Crippen LogP) is 3.86. The summed E-state index contributed by atoms with van der Waals surface area (Å²) >= 11 is 0. The van der Waals surface area contributed by atoms with E-state index in [9.17, 15) is 9.18 Å². The molecule has 7 heteroatoms. The summed E-state index contributed by atoms with van der Waals surface area (Å²) in [6.07, 6.45) is 2.32. The number of carbonyl (C=O) groups excluding carboxylic acids is 1. The minimum absolute atomic E-state index is 0. The third-order valence-electron chi connectivity index (χ3n) is 5.32. The monoisotopic (exact) mass is 406 g/mol. The van der Waals surface area contributed by atoms with Gasteiger partial charge in [-0.1, -0.05) is 12.1 Å². The predicted molar refractivity (Wildman–Crippen MR) is 109 cm³/mol. The highest BCUT2D eigenvalue weighted by Crippen LogP contribution is 2.42. The minimum Gasteiger partial charge on any atom is -0.328 e. The van der Waals surface area contributed by atoms with Gasteiger partial charge in [0, 0.05) is 31.2 Å². The molecule has 5 nitrogen and oxygen atoms in total. The van der Waals surface area contributed by atoms with Gasteiger partial charge in [-0.2, -0.15) is 5.10 Å². The van der Waals surface area contributed by atoms with Crippen molar-refractivity contribution in [3.8, 4) is 0 Å². The summed E-state index contributed by atoms with van der Waals surface area (Å²) < 4.78 is 15.7. The van der Waals surface area contributed by atoms with E-state index in [1.807, 2.05) is 21.7 Å². The molecule has 1 N–H and O–H groups in total. The Balaban J connectivity index is 0.00000225. The van der Waals surface area contributed by atoms with Crippen molar-refractivity contribution in [1.29, 1.82) is 0 Å². The fraction of sp³-hybridized carbons (Fsp3) is 0.524. The standard InChI is InChI=1S/C21H27FN4O.ClH/c1-21(2,3)26-18(14-7-8-14)12-17(24-26)20(27)25-10-9-23-13-19(25)15-5-4-6-16(22)11-15;/h4-6,11-12,14,19,23H,7-10,13H2,1-3H3;1H. The maximum Gasteiger partial charge on any atom is 0.274 e. The number of nitrogens with one attached hydrogen (secondary N) is 1. The molecule has 0 radical (unpaired) electrons. The summed E-state index contributed by atoms with van der Waals surface area (Å²) in [4.78, 5) is 15.2. The van der Waals surface area contributed by atoms with Gasteiger partial charge in [0.1, 0.15) is 5.82 Å². The lowest BCUT2D eigenvalue weighted by Crippen LogP contribution is -2.48. The number of nitrogens with zero attached hydrogens (tertiary/aromatic N) is 3. The molecule has 2 heterocycles. The molecule has 1 unspecified atom stereocenters. The van der Waals surface area contributed by atoms with Crippen LogP contribution in [0.15, 0.2) is 30.3 Å². The number of aromatic nitrogens is 2. The van der Waals surface area contributed by atoms with Crippen LogP contribution in [-0.4, -0.2) is 40.2 Å². The van der Waals surface area contributed by atoms with Crippen LogP contribution in [-0.2, 0) is 5.54 Å². The fourth-order valence-electron chi connectivity index (χ4n) is 3.81. The number of halogens is 2. The zero-order valence-electron chi connectivity index (χ0n) is 16.6. The number of hydrogen-bond donors (Lipinski definition) is 1. The molecule has 152 valence electrons. The van der Waals surface area contributed by atoms with Crippen LogP contribution in [0.5, 0.6) is 0 Å². The molecule has 0 bridgehead atoms. The van der Waals surface area contributed by atoms with Crippen molar-refractivity contribution < 1.29 is 9.18 Å². The molecule has 4 rings (SSSR count). The molecule has 28 heavy (non-hydrogen) atoms. The first-order valence-electron chi connectivity index (χ1n) is 9.72. The van der Waals surface area contributed by atoms with E-state index in [4.69, 9.17) is 5.10 Å². The number of hydrogen-bond acceptors (Lipinski definition) is 3. The molecular weight excluding hydrogens is 379 g/mol. The zero-order valence-corrected chi connectivity index (χ0v) is 17.4. The summed E-state index contributed by atoms with van der Waals surface area (Å²) in [5, 5.41) is 8.01. The fourth-order valence-corrected chi connectivity index (χ4v) is 3.81. The quantitative estimate of drug-likeness (QED) is 0.841. The topological polar surface area (TPSA) is 50.2 Å². The first kappa shape index (κ1) is 20.8. The van der Waals surface area contributed by atoms with Crippen LogP contribution < -0.4 is 5.32 Å². The van der Waals surface area contributed by atoms with Crippen molar-refractivity contribution >= 4 is 18.3 Å². The molecule has 2 aliphatic rings. The largest absolute Gasteiger partial charge is 0.328 e. The van der Waals surface area contributed by atoms with E-state index in [2.05, 4.69) is 26.1 Å². The van der Waals surface area contributed by atoms with Gasteiger partial charge in [0.25, 0.3) is 5.91 Å². The van der Waals surface area contributed by atoms with Crippen molar-refractivity contribution in [2.24, 2.45) is 0 Å². The average molecular weight is 407 g/mol. The van der Waals surface area contributed by atoms with Gasteiger partial charge in [-0.15, -0.1) is 12.4 Å². The van der Waals surface area contributed by atoms with Crippen LogP contribution in [0.25, 0.3) is 0 Å². The first-order chi connectivity index (χ1) is 12.8. The van der Waals surface area contributed by atoms with E-state index < -0.39 is 0 Å². The summed E-state index contributed by atoms with van der Waals surface area (Å²) in [6, 6.07) is 8.30. The molecule has 1 saturated carbocycles. The molecule has 2 fully saturated rings. The number of piperazine rings is 1. The lowest BCUT2D eigenvalue weighted by molar-refractivity contribution is 0.0626. The third-order valence-corrected chi connectivity index (χ3v) is 5.32. The normalized spacial score (nSPS) is 20.0. The summed E-state index contributed by atoms with van der Waals surface area (Å²) in [5.41, 5.74) is 2.30. The van der Waals surface area contributed by atoms with Crippen LogP contribution >= 0.6 is 12.4 Å². The van der Waals surface area contributed by atoms with Crippen molar-refractivity contribution in [2.75, 3.05) is 19.6 Å². The Labute approximate surface area is 171 Å². The number of amides is 1. The van der Waals surface area contributed by atoms with Gasteiger partial charge in [0.05, 0.1) is 11.6 Å². The van der Waals surface area contributed by atoms with Crippen molar-refractivity contribution in [3.05, 3.63) is 53.1 Å². The van der Waals surface area contributed by atoms with Gasteiger partial charge in [0.2, 0.25) is 0 Å². The molecule has 1 amide bonds. The Bertz CT molecular complexity index is 856. The molecule has 0 spiro atoms. The van der Waals surface area contributed by atoms with Gasteiger partial charge >= 0.3 is 0 Å². The van der Waals surface area contributed by atoms with Gasteiger partial charge in [-0.05, 0) is 57.4 Å². The van der Waals surface area contributed by atoms with E-state index in [1.54, 1.807) is 6.07 Å². The SMILES string of the molecule is CC(C)(C)n1nc(C(=O)N2CCNCC2c2cccc(F)c2)cc1C1CC1.Cl. The van der Waals surface area contributed by atoms with E-state index in [0.717, 1.165) is 30.6 Å². The smallest absolute Gasteiger partial charge is 0.274 e. The summed E-state index contributed by atoms with van der Waals surface area (Å²) in [6.45, 7) is 8.26. The third kappa shape index (κ3) is 4.08.